The van der Waals surface area contributed by atoms with Crippen LogP contribution in [0.5, 0.6) is 5.75 Å². The lowest BCUT2D eigenvalue weighted by atomic mass is 9.98. The summed E-state index contributed by atoms with van der Waals surface area (Å²) in [5, 5.41) is 3.19. The molecule has 1 rings (SSSR count). The van der Waals surface area contributed by atoms with Gasteiger partial charge in [-0.1, -0.05) is 32.0 Å². The minimum absolute atomic E-state index is 0.186. The third kappa shape index (κ3) is 5.55. The normalized spacial score (nSPS) is 14.8. The van der Waals surface area contributed by atoms with Crippen LogP contribution < -0.4 is 10.1 Å². The molecule has 120 valence electrons. The van der Waals surface area contributed by atoms with Gasteiger partial charge in [-0.05, 0) is 26.0 Å². The van der Waals surface area contributed by atoms with Crippen LogP contribution in [0, 0.1) is 0 Å². The monoisotopic (exact) mass is 305 g/mol. The average molecular weight is 305 g/mol. The van der Waals surface area contributed by atoms with Gasteiger partial charge in [-0.2, -0.15) is 0 Å². The highest BCUT2D eigenvalue weighted by Gasteiger charge is 2.34. The largest absolute Gasteiger partial charge is 0.573 e. The van der Waals surface area contributed by atoms with Gasteiger partial charge in [0.2, 0.25) is 0 Å². The first-order valence-corrected chi connectivity index (χ1v) is 7.12. The van der Waals surface area contributed by atoms with Crippen molar-refractivity contribution in [2.75, 3.05) is 13.2 Å². The molecule has 1 aromatic carbocycles. The van der Waals surface area contributed by atoms with Gasteiger partial charge in [-0.15, -0.1) is 13.2 Å². The maximum absolute atomic E-state index is 12.5. The smallest absolute Gasteiger partial charge is 0.405 e. The van der Waals surface area contributed by atoms with Crippen LogP contribution in [-0.2, 0) is 4.74 Å². The fourth-order valence-corrected chi connectivity index (χ4v) is 2.28. The quantitative estimate of drug-likeness (QED) is 0.786. The van der Waals surface area contributed by atoms with E-state index in [-0.39, 0.29) is 17.9 Å². The van der Waals surface area contributed by atoms with Crippen LogP contribution in [0.15, 0.2) is 24.3 Å². The Morgan fingerprint density at radius 3 is 2.33 bits per heavy atom. The van der Waals surface area contributed by atoms with Gasteiger partial charge in [0, 0.05) is 12.2 Å². The zero-order valence-electron chi connectivity index (χ0n) is 12.5. The molecule has 1 N–H and O–H groups in total. The Kier molecular flexibility index (Phi) is 6.98. The summed E-state index contributed by atoms with van der Waals surface area (Å²) in [6.45, 7) is 6.83. The van der Waals surface area contributed by atoms with Crippen LogP contribution in [0.3, 0.4) is 0 Å². The molecule has 0 amide bonds. The third-order valence-corrected chi connectivity index (χ3v) is 3.06. The topological polar surface area (TPSA) is 30.5 Å². The number of rotatable bonds is 8. The van der Waals surface area contributed by atoms with Crippen molar-refractivity contribution in [1.29, 1.82) is 0 Å². The number of halogens is 3. The van der Waals surface area contributed by atoms with Gasteiger partial charge in [-0.3, -0.25) is 0 Å². The molecule has 0 aromatic heterocycles. The van der Waals surface area contributed by atoms with E-state index in [2.05, 4.69) is 10.1 Å². The van der Waals surface area contributed by atoms with E-state index < -0.39 is 6.36 Å². The summed E-state index contributed by atoms with van der Waals surface area (Å²) in [4.78, 5) is 0. The van der Waals surface area contributed by atoms with Crippen LogP contribution in [-0.4, -0.2) is 25.6 Å². The highest BCUT2D eigenvalue weighted by atomic mass is 19.4. The maximum atomic E-state index is 12.5. The van der Waals surface area contributed by atoms with E-state index in [9.17, 15) is 13.2 Å². The fourth-order valence-electron chi connectivity index (χ4n) is 2.28. The lowest BCUT2D eigenvalue weighted by molar-refractivity contribution is -0.275. The molecule has 0 saturated carbocycles. The molecule has 21 heavy (non-hydrogen) atoms. The number of ether oxygens (including phenoxy) is 2. The molecule has 0 spiro atoms. The highest BCUT2D eigenvalue weighted by molar-refractivity contribution is 5.36. The molecular weight excluding hydrogens is 283 g/mol. The Balaban J connectivity index is 3.12. The molecule has 0 radical (unpaired) electrons. The SMILES string of the molecule is CCNC(c1ccccc1OC(F)(F)F)C(CC)OCC. The van der Waals surface area contributed by atoms with Crippen LogP contribution in [0.2, 0.25) is 0 Å². The lowest BCUT2D eigenvalue weighted by Gasteiger charge is -2.28. The highest BCUT2D eigenvalue weighted by Crippen LogP contribution is 2.33. The minimum atomic E-state index is -4.71. The lowest BCUT2D eigenvalue weighted by Crippen LogP contribution is -2.34. The first-order chi connectivity index (χ1) is 9.92. The second kappa shape index (κ2) is 8.24. The van der Waals surface area contributed by atoms with Gasteiger partial charge >= 0.3 is 6.36 Å². The van der Waals surface area contributed by atoms with E-state index in [1.807, 2.05) is 20.8 Å². The first-order valence-electron chi connectivity index (χ1n) is 7.12. The van der Waals surface area contributed by atoms with Crippen LogP contribution in [0.25, 0.3) is 0 Å². The Hall–Kier alpha value is -1.27. The predicted octanol–water partition coefficient (Wildman–Crippen LogP) is 4.05. The van der Waals surface area contributed by atoms with E-state index in [0.717, 1.165) is 0 Å². The van der Waals surface area contributed by atoms with Gasteiger partial charge in [0.15, 0.2) is 0 Å². The van der Waals surface area contributed by atoms with Gasteiger partial charge in [0.05, 0.1) is 12.1 Å². The first kappa shape index (κ1) is 17.8. The number of hydrogen-bond donors (Lipinski definition) is 1. The molecule has 0 aliphatic carbocycles. The number of para-hydroxylation sites is 1. The average Bonchev–Trinajstić information content (AvgIpc) is 2.42. The van der Waals surface area contributed by atoms with E-state index in [4.69, 9.17) is 4.74 Å². The molecule has 0 aliphatic rings. The minimum Gasteiger partial charge on any atom is -0.405 e. The van der Waals surface area contributed by atoms with Crippen molar-refractivity contribution in [2.45, 2.75) is 45.7 Å². The van der Waals surface area contributed by atoms with E-state index >= 15 is 0 Å². The summed E-state index contributed by atoms with van der Waals surface area (Å²) in [7, 11) is 0. The summed E-state index contributed by atoms with van der Waals surface area (Å²) < 4.78 is 47.4. The van der Waals surface area contributed by atoms with E-state index in [1.165, 1.54) is 12.1 Å². The third-order valence-electron chi connectivity index (χ3n) is 3.06. The molecule has 3 nitrogen and oxygen atoms in total. The number of alkyl halides is 3. The Morgan fingerprint density at radius 1 is 1.14 bits per heavy atom. The van der Waals surface area contributed by atoms with Crippen molar-refractivity contribution in [3.63, 3.8) is 0 Å². The fraction of sp³-hybridized carbons (Fsp3) is 0.600. The molecule has 2 unspecified atom stereocenters. The zero-order chi connectivity index (χ0) is 15.9. The molecule has 0 fully saturated rings. The second-order valence-electron chi connectivity index (χ2n) is 4.52. The summed E-state index contributed by atoms with van der Waals surface area (Å²) in [5.41, 5.74) is 0.456. The van der Waals surface area contributed by atoms with Crippen LogP contribution in [0.4, 0.5) is 13.2 Å². The predicted molar refractivity (Wildman–Crippen MR) is 75.2 cm³/mol. The van der Waals surface area contributed by atoms with Crippen LogP contribution >= 0.6 is 0 Å². The summed E-state index contributed by atoms with van der Waals surface area (Å²) in [5.74, 6) is -0.186. The molecule has 2 atom stereocenters. The van der Waals surface area contributed by atoms with Crippen molar-refractivity contribution in [3.8, 4) is 5.75 Å². The molecule has 0 bridgehead atoms. The molecule has 1 aromatic rings. The van der Waals surface area contributed by atoms with Crippen LogP contribution in [0.1, 0.15) is 38.8 Å². The van der Waals surface area contributed by atoms with E-state index in [1.54, 1.807) is 12.1 Å². The molecular formula is C15H22F3NO2. The van der Waals surface area contributed by atoms with Crippen molar-refractivity contribution in [2.24, 2.45) is 0 Å². The standard InChI is InChI=1S/C15H22F3NO2/c1-4-12(20-6-3)14(19-5-2)11-9-7-8-10-13(11)21-15(16,17)18/h7-10,12,14,19H,4-6H2,1-3H3. The molecule has 0 heterocycles. The number of nitrogens with one attached hydrogen (secondary N) is 1. The number of benzene rings is 1. The second-order valence-corrected chi connectivity index (χ2v) is 4.52. The molecule has 0 aliphatic heterocycles. The Labute approximate surface area is 123 Å². The molecule has 0 saturated heterocycles. The van der Waals surface area contributed by atoms with Gasteiger partial charge < -0.3 is 14.8 Å². The Bertz CT molecular complexity index is 424. The van der Waals surface area contributed by atoms with Gasteiger partial charge in [0.1, 0.15) is 5.75 Å². The van der Waals surface area contributed by atoms with E-state index in [0.29, 0.717) is 25.1 Å². The van der Waals surface area contributed by atoms with Crippen molar-refractivity contribution in [3.05, 3.63) is 29.8 Å². The summed E-state index contributed by atoms with van der Waals surface area (Å²) >= 11 is 0. The van der Waals surface area contributed by atoms with Crippen molar-refractivity contribution >= 4 is 0 Å². The summed E-state index contributed by atoms with van der Waals surface area (Å²) in [6, 6.07) is 5.83. The maximum Gasteiger partial charge on any atom is 0.573 e. The van der Waals surface area contributed by atoms with Gasteiger partial charge in [0.25, 0.3) is 0 Å². The van der Waals surface area contributed by atoms with Crippen molar-refractivity contribution < 1.29 is 22.6 Å². The summed E-state index contributed by atoms with van der Waals surface area (Å²) in [6.07, 6.45) is -4.24. The molecule has 6 heteroatoms. The zero-order valence-corrected chi connectivity index (χ0v) is 12.5. The van der Waals surface area contributed by atoms with Gasteiger partial charge in [-0.25, -0.2) is 0 Å². The number of likely N-dealkylation sites (N-methyl/N-ethyl adjacent to an activating group) is 1. The number of hydrogen-bond acceptors (Lipinski definition) is 3. The van der Waals surface area contributed by atoms with Crippen molar-refractivity contribution in [1.82, 2.24) is 5.32 Å². The Morgan fingerprint density at radius 2 is 1.81 bits per heavy atom.